The Morgan fingerprint density at radius 3 is 2.55 bits per heavy atom. The molecule has 0 bridgehead atoms. The summed E-state index contributed by atoms with van der Waals surface area (Å²) < 4.78 is 10.9. The molecule has 29 heavy (non-hydrogen) atoms. The van der Waals surface area contributed by atoms with E-state index >= 15 is 0 Å². The van der Waals surface area contributed by atoms with Crippen LogP contribution in [0.3, 0.4) is 0 Å². The van der Waals surface area contributed by atoms with Gasteiger partial charge >= 0.3 is 0 Å². The van der Waals surface area contributed by atoms with Crippen molar-refractivity contribution >= 4 is 22.5 Å². The molecular formula is C22H27N5O2. The Morgan fingerprint density at radius 1 is 1.03 bits per heavy atom. The second kappa shape index (κ2) is 8.94. The maximum atomic E-state index is 5.47. The second-order valence-corrected chi connectivity index (χ2v) is 7.28. The van der Waals surface area contributed by atoms with Gasteiger partial charge in [-0.05, 0) is 43.4 Å². The monoisotopic (exact) mass is 393 g/mol. The van der Waals surface area contributed by atoms with E-state index < -0.39 is 0 Å². The lowest BCUT2D eigenvalue weighted by Gasteiger charge is -2.33. The molecule has 4 rings (SSSR count). The van der Waals surface area contributed by atoms with E-state index in [-0.39, 0.29) is 0 Å². The number of anilines is 2. The van der Waals surface area contributed by atoms with Crippen molar-refractivity contribution in [3.63, 3.8) is 0 Å². The van der Waals surface area contributed by atoms with Crippen LogP contribution in [0.2, 0.25) is 0 Å². The van der Waals surface area contributed by atoms with Crippen LogP contribution < -0.4 is 19.7 Å². The Bertz CT molecular complexity index is 943. The lowest BCUT2D eigenvalue weighted by molar-refractivity contribution is 0.355. The second-order valence-electron chi connectivity index (χ2n) is 7.28. The number of pyridine rings is 1. The van der Waals surface area contributed by atoms with Crippen LogP contribution in [0.15, 0.2) is 42.9 Å². The first-order valence-corrected chi connectivity index (χ1v) is 10.0. The molecule has 1 aliphatic heterocycles. The molecule has 1 aromatic carbocycles. The molecule has 1 fully saturated rings. The Kier molecular flexibility index (Phi) is 5.93. The maximum absolute atomic E-state index is 5.47. The van der Waals surface area contributed by atoms with Gasteiger partial charge in [-0.25, -0.2) is 15.0 Å². The van der Waals surface area contributed by atoms with E-state index in [2.05, 4.69) is 25.2 Å². The predicted molar refractivity (Wildman–Crippen MR) is 115 cm³/mol. The summed E-state index contributed by atoms with van der Waals surface area (Å²) in [6.45, 7) is 2.94. The smallest absolute Gasteiger partial charge is 0.162 e. The number of nitrogens with one attached hydrogen (secondary N) is 1. The number of piperidine rings is 1. The molecule has 1 aliphatic rings. The van der Waals surface area contributed by atoms with Crippen LogP contribution >= 0.6 is 0 Å². The van der Waals surface area contributed by atoms with Crippen LogP contribution in [-0.4, -0.2) is 48.8 Å². The van der Waals surface area contributed by atoms with E-state index in [0.717, 1.165) is 61.4 Å². The summed E-state index contributed by atoms with van der Waals surface area (Å²) in [5.41, 5.74) is 0.870. The molecule has 3 heterocycles. The van der Waals surface area contributed by atoms with Gasteiger partial charge in [0.25, 0.3) is 0 Å². The first kappa shape index (κ1) is 19.2. The molecule has 0 saturated carbocycles. The number of benzene rings is 1. The molecule has 0 unspecified atom stereocenters. The van der Waals surface area contributed by atoms with Gasteiger partial charge in [0, 0.05) is 37.3 Å². The van der Waals surface area contributed by atoms with Gasteiger partial charge in [0.05, 0.1) is 19.7 Å². The van der Waals surface area contributed by atoms with Crippen molar-refractivity contribution in [2.24, 2.45) is 5.92 Å². The number of rotatable bonds is 7. The third kappa shape index (κ3) is 4.34. The topological polar surface area (TPSA) is 72.4 Å². The molecule has 1 N–H and O–H groups in total. The minimum Gasteiger partial charge on any atom is -0.493 e. The fourth-order valence-electron chi connectivity index (χ4n) is 3.93. The van der Waals surface area contributed by atoms with Gasteiger partial charge in [-0.3, -0.25) is 0 Å². The normalized spacial score (nSPS) is 14.8. The zero-order chi connectivity index (χ0) is 20.1. The Morgan fingerprint density at radius 2 is 1.83 bits per heavy atom. The highest BCUT2D eigenvalue weighted by Crippen LogP contribution is 2.35. The van der Waals surface area contributed by atoms with E-state index in [0.29, 0.717) is 17.4 Å². The van der Waals surface area contributed by atoms with Crippen LogP contribution in [0, 0.1) is 5.92 Å². The molecule has 0 spiro atoms. The van der Waals surface area contributed by atoms with Gasteiger partial charge in [0.1, 0.15) is 18.0 Å². The predicted octanol–water partition coefficient (Wildman–Crippen LogP) is 3.76. The van der Waals surface area contributed by atoms with Gasteiger partial charge in [0.15, 0.2) is 11.5 Å². The summed E-state index contributed by atoms with van der Waals surface area (Å²) >= 11 is 0. The van der Waals surface area contributed by atoms with Crippen LogP contribution in [0.5, 0.6) is 11.5 Å². The number of ether oxygens (including phenoxy) is 2. The SMILES string of the molecule is COc1cc2ncnc(N3CCC(CCNc4ccccn4)CC3)c2cc1OC. The third-order valence-corrected chi connectivity index (χ3v) is 5.56. The summed E-state index contributed by atoms with van der Waals surface area (Å²) in [6, 6.07) is 9.84. The Labute approximate surface area is 171 Å². The van der Waals surface area contributed by atoms with Crippen molar-refractivity contribution in [3.05, 3.63) is 42.9 Å². The highest BCUT2D eigenvalue weighted by molar-refractivity contribution is 5.92. The van der Waals surface area contributed by atoms with E-state index in [1.54, 1.807) is 20.5 Å². The lowest BCUT2D eigenvalue weighted by atomic mass is 9.93. The molecule has 0 aliphatic carbocycles. The van der Waals surface area contributed by atoms with E-state index in [9.17, 15) is 0 Å². The fraction of sp³-hybridized carbons (Fsp3) is 0.409. The minimum atomic E-state index is 0.684. The van der Waals surface area contributed by atoms with Crippen molar-refractivity contribution in [1.29, 1.82) is 0 Å². The molecule has 0 radical (unpaired) electrons. The molecule has 7 nitrogen and oxygen atoms in total. The fourth-order valence-corrected chi connectivity index (χ4v) is 3.93. The van der Waals surface area contributed by atoms with Crippen LogP contribution in [0.4, 0.5) is 11.6 Å². The zero-order valence-electron chi connectivity index (χ0n) is 17.0. The number of hydrogen-bond acceptors (Lipinski definition) is 7. The van der Waals surface area contributed by atoms with E-state index in [4.69, 9.17) is 9.47 Å². The molecule has 0 amide bonds. The number of aromatic nitrogens is 3. The Balaban J connectivity index is 1.40. The third-order valence-electron chi connectivity index (χ3n) is 5.56. The van der Waals surface area contributed by atoms with Crippen molar-refractivity contribution < 1.29 is 9.47 Å². The van der Waals surface area contributed by atoms with Crippen LogP contribution in [-0.2, 0) is 0 Å². The van der Waals surface area contributed by atoms with Gasteiger partial charge in [-0.1, -0.05) is 6.07 Å². The van der Waals surface area contributed by atoms with Crippen molar-refractivity contribution in [2.45, 2.75) is 19.3 Å². The average molecular weight is 393 g/mol. The highest BCUT2D eigenvalue weighted by Gasteiger charge is 2.22. The number of fused-ring (bicyclic) bond motifs is 1. The van der Waals surface area contributed by atoms with Gasteiger partial charge in [-0.2, -0.15) is 0 Å². The molecule has 7 heteroatoms. The molecular weight excluding hydrogens is 366 g/mol. The van der Waals surface area contributed by atoms with E-state index in [1.165, 1.54) is 0 Å². The molecule has 152 valence electrons. The van der Waals surface area contributed by atoms with Gasteiger partial charge in [-0.15, -0.1) is 0 Å². The lowest BCUT2D eigenvalue weighted by Crippen LogP contribution is -2.35. The van der Waals surface area contributed by atoms with Crippen molar-refractivity contribution in [2.75, 3.05) is 44.1 Å². The summed E-state index contributed by atoms with van der Waals surface area (Å²) in [6.07, 6.45) is 6.91. The molecule has 1 saturated heterocycles. The molecule has 2 aromatic heterocycles. The summed E-state index contributed by atoms with van der Waals surface area (Å²) in [5, 5.41) is 4.41. The highest BCUT2D eigenvalue weighted by atomic mass is 16.5. The number of hydrogen-bond donors (Lipinski definition) is 1. The first-order valence-electron chi connectivity index (χ1n) is 10.0. The first-order chi connectivity index (χ1) is 14.3. The Hall–Kier alpha value is -3.09. The zero-order valence-corrected chi connectivity index (χ0v) is 17.0. The summed E-state index contributed by atoms with van der Waals surface area (Å²) in [4.78, 5) is 15.7. The largest absolute Gasteiger partial charge is 0.493 e. The number of methoxy groups -OCH3 is 2. The minimum absolute atomic E-state index is 0.684. The summed E-state index contributed by atoms with van der Waals surface area (Å²) in [7, 11) is 3.29. The van der Waals surface area contributed by atoms with Crippen molar-refractivity contribution in [1.82, 2.24) is 15.0 Å². The molecule has 0 atom stereocenters. The standard InChI is InChI=1S/C22H27N5O2/c1-28-19-13-17-18(14-20(19)29-2)25-15-26-22(17)27-11-7-16(8-12-27)6-10-24-21-5-3-4-9-23-21/h3-5,9,13-16H,6-8,10-12H2,1-2H3,(H,23,24). The van der Waals surface area contributed by atoms with Gasteiger partial charge < -0.3 is 19.7 Å². The number of nitrogens with zero attached hydrogens (tertiary/aromatic N) is 4. The summed E-state index contributed by atoms with van der Waals surface area (Å²) in [5.74, 6) is 4.02. The quantitative estimate of drug-likeness (QED) is 0.655. The van der Waals surface area contributed by atoms with Crippen LogP contribution in [0.1, 0.15) is 19.3 Å². The maximum Gasteiger partial charge on any atom is 0.162 e. The van der Waals surface area contributed by atoms with E-state index in [1.807, 2.05) is 36.5 Å². The van der Waals surface area contributed by atoms with Crippen molar-refractivity contribution in [3.8, 4) is 11.5 Å². The average Bonchev–Trinajstić information content (AvgIpc) is 2.79. The molecule has 3 aromatic rings. The van der Waals surface area contributed by atoms with Crippen LogP contribution in [0.25, 0.3) is 10.9 Å². The van der Waals surface area contributed by atoms with Gasteiger partial charge in [0.2, 0.25) is 0 Å².